The minimum atomic E-state index is -4.32. The number of allylic oxidation sites excluding steroid dienone is 7. The quantitative estimate of drug-likeness (QED) is 0.723. The van der Waals surface area contributed by atoms with Gasteiger partial charge in [-0.3, -0.25) is 0 Å². The van der Waals surface area contributed by atoms with Gasteiger partial charge in [0, 0.05) is 24.9 Å². The smallest absolute Gasteiger partial charge is 0.417 e. The van der Waals surface area contributed by atoms with Crippen molar-refractivity contribution in [2.24, 2.45) is 5.92 Å². The third-order valence-corrected chi connectivity index (χ3v) is 3.32. The highest BCUT2D eigenvalue weighted by Crippen LogP contribution is 2.33. The summed E-state index contributed by atoms with van der Waals surface area (Å²) in [5.41, 5.74) is 1.07. The molecule has 0 saturated carbocycles. The molecule has 0 aromatic carbocycles. The Kier molecular flexibility index (Phi) is 3.79. The standard InChI is InChI=1S/C15H16F3NO/c1-10-8-12(20-3)5-6-13(10)14-7-4-11(9-19(14)2)15(16,17)18/h4-10H,1-3H3. The highest BCUT2D eigenvalue weighted by Gasteiger charge is 2.34. The number of hydrogen-bond donors (Lipinski definition) is 0. The molecule has 108 valence electrons. The summed E-state index contributed by atoms with van der Waals surface area (Å²) in [5.74, 6) is 0.841. The zero-order valence-corrected chi connectivity index (χ0v) is 11.5. The number of rotatable bonds is 1. The summed E-state index contributed by atoms with van der Waals surface area (Å²) in [6.45, 7) is 1.98. The first-order valence-corrected chi connectivity index (χ1v) is 6.21. The molecule has 5 heteroatoms. The molecule has 0 N–H and O–H groups in total. The molecule has 1 unspecified atom stereocenters. The number of ether oxygens (including phenoxy) is 1. The molecule has 1 aliphatic heterocycles. The molecule has 1 aliphatic carbocycles. The Balaban J connectivity index is 2.32. The Labute approximate surface area is 116 Å². The maximum absolute atomic E-state index is 12.7. The Morgan fingerprint density at radius 2 is 1.85 bits per heavy atom. The second-order valence-electron chi connectivity index (χ2n) is 4.76. The fraction of sp³-hybridized carbons (Fsp3) is 0.333. The van der Waals surface area contributed by atoms with Crippen LogP contribution in [0.5, 0.6) is 0 Å². The van der Waals surface area contributed by atoms with Crippen LogP contribution >= 0.6 is 0 Å². The van der Waals surface area contributed by atoms with Crippen LogP contribution in [-0.2, 0) is 4.74 Å². The molecule has 0 aromatic rings. The molecule has 20 heavy (non-hydrogen) atoms. The highest BCUT2D eigenvalue weighted by molar-refractivity contribution is 5.46. The zero-order valence-electron chi connectivity index (χ0n) is 11.5. The van der Waals surface area contributed by atoms with E-state index >= 15 is 0 Å². The predicted molar refractivity (Wildman–Crippen MR) is 71.5 cm³/mol. The number of nitrogens with zero attached hydrogens (tertiary/aromatic N) is 1. The normalized spacial score (nSPS) is 26.5. The lowest BCUT2D eigenvalue weighted by atomic mass is 9.92. The van der Waals surface area contributed by atoms with Gasteiger partial charge in [0.15, 0.2) is 0 Å². The molecule has 0 amide bonds. The van der Waals surface area contributed by atoms with Crippen molar-refractivity contribution >= 4 is 0 Å². The zero-order chi connectivity index (χ0) is 14.9. The van der Waals surface area contributed by atoms with Crippen molar-refractivity contribution in [1.29, 1.82) is 0 Å². The molecule has 2 rings (SSSR count). The summed E-state index contributed by atoms with van der Waals surface area (Å²) in [7, 11) is 3.21. The average Bonchev–Trinajstić information content (AvgIpc) is 2.38. The van der Waals surface area contributed by atoms with E-state index in [1.165, 1.54) is 11.0 Å². The maximum atomic E-state index is 12.7. The van der Waals surface area contributed by atoms with Crippen molar-refractivity contribution < 1.29 is 17.9 Å². The lowest BCUT2D eigenvalue weighted by Gasteiger charge is -2.27. The van der Waals surface area contributed by atoms with Gasteiger partial charge in [-0.2, -0.15) is 13.2 Å². The number of hydrogen-bond acceptors (Lipinski definition) is 2. The molecule has 0 saturated heterocycles. The Bertz CT molecular complexity index is 550. The van der Waals surface area contributed by atoms with Crippen LogP contribution in [0.25, 0.3) is 0 Å². The van der Waals surface area contributed by atoms with E-state index in [0.717, 1.165) is 29.3 Å². The molecule has 0 radical (unpaired) electrons. The van der Waals surface area contributed by atoms with Gasteiger partial charge in [0.05, 0.1) is 12.7 Å². The van der Waals surface area contributed by atoms with E-state index in [4.69, 9.17) is 4.74 Å². The van der Waals surface area contributed by atoms with Crippen LogP contribution in [-0.4, -0.2) is 25.2 Å². The maximum Gasteiger partial charge on any atom is 0.417 e. The van der Waals surface area contributed by atoms with Crippen molar-refractivity contribution in [3.8, 4) is 0 Å². The van der Waals surface area contributed by atoms with Crippen LogP contribution in [0.15, 0.2) is 59.2 Å². The Morgan fingerprint density at radius 1 is 1.15 bits per heavy atom. The second-order valence-corrected chi connectivity index (χ2v) is 4.76. The monoisotopic (exact) mass is 283 g/mol. The molecule has 0 bridgehead atoms. The SMILES string of the molecule is COC1=CC(C)C(=C2C=CC(C(F)(F)F)=CN2C)C=C1. The first-order valence-electron chi connectivity index (χ1n) is 6.21. The van der Waals surface area contributed by atoms with Crippen molar-refractivity contribution in [2.75, 3.05) is 14.2 Å². The molecule has 0 spiro atoms. The van der Waals surface area contributed by atoms with Crippen LogP contribution in [0.2, 0.25) is 0 Å². The fourth-order valence-corrected chi connectivity index (χ4v) is 2.25. The van der Waals surface area contributed by atoms with Gasteiger partial charge in [0.1, 0.15) is 5.76 Å². The number of halogens is 3. The lowest BCUT2D eigenvalue weighted by Crippen LogP contribution is -2.22. The summed E-state index contributed by atoms with van der Waals surface area (Å²) < 4.78 is 43.1. The topological polar surface area (TPSA) is 12.5 Å². The van der Waals surface area contributed by atoms with Crippen LogP contribution in [0.4, 0.5) is 13.2 Å². The minimum Gasteiger partial charge on any atom is -0.497 e. The van der Waals surface area contributed by atoms with Gasteiger partial charge in [-0.25, -0.2) is 0 Å². The molecule has 1 atom stereocenters. The summed E-state index contributed by atoms with van der Waals surface area (Å²) in [5, 5.41) is 0. The third kappa shape index (κ3) is 2.81. The van der Waals surface area contributed by atoms with E-state index in [1.54, 1.807) is 14.2 Å². The predicted octanol–water partition coefficient (Wildman–Crippen LogP) is 3.92. The van der Waals surface area contributed by atoms with E-state index in [0.29, 0.717) is 0 Å². The van der Waals surface area contributed by atoms with Crippen molar-refractivity contribution in [2.45, 2.75) is 13.1 Å². The van der Waals surface area contributed by atoms with E-state index in [2.05, 4.69) is 0 Å². The second kappa shape index (κ2) is 5.23. The van der Waals surface area contributed by atoms with E-state index in [9.17, 15) is 13.2 Å². The van der Waals surface area contributed by atoms with Gasteiger partial charge >= 0.3 is 6.18 Å². The van der Waals surface area contributed by atoms with E-state index in [-0.39, 0.29) is 5.92 Å². The summed E-state index contributed by atoms with van der Waals surface area (Å²) in [6, 6.07) is 0. The van der Waals surface area contributed by atoms with Crippen LogP contribution in [0.1, 0.15) is 6.92 Å². The van der Waals surface area contributed by atoms with Crippen molar-refractivity contribution in [1.82, 2.24) is 4.90 Å². The van der Waals surface area contributed by atoms with Gasteiger partial charge in [-0.05, 0) is 29.9 Å². The van der Waals surface area contributed by atoms with Crippen LogP contribution < -0.4 is 0 Å². The van der Waals surface area contributed by atoms with Gasteiger partial charge in [0.25, 0.3) is 0 Å². The molecule has 0 aromatic heterocycles. The summed E-state index contributed by atoms with van der Waals surface area (Å²) in [4.78, 5) is 1.50. The minimum absolute atomic E-state index is 0.0814. The number of methoxy groups -OCH3 is 1. The highest BCUT2D eigenvalue weighted by atomic mass is 19.4. The average molecular weight is 283 g/mol. The fourth-order valence-electron chi connectivity index (χ4n) is 2.25. The van der Waals surface area contributed by atoms with Crippen LogP contribution in [0.3, 0.4) is 0 Å². The van der Waals surface area contributed by atoms with Gasteiger partial charge in [-0.15, -0.1) is 0 Å². The van der Waals surface area contributed by atoms with E-state index in [1.807, 2.05) is 25.2 Å². The van der Waals surface area contributed by atoms with Crippen LogP contribution in [0, 0.1) is 5.92 Å². The first kappa shape index (κ1) is 14.5. The van der Waals surface area contributed by atoms with Gasteiger partial charge in [0.2, 0.25) is 0 Å². The number of alkyl halides is 3. The third-order valence-electron chi connectivity index (χ3n) is 3.32. The van der Waals surface area contributed by atoms with E-state index < -0.39 is 11.7 Å². The molecular formula is C15H16F3NO. The largest absolute Gasteiger partial charge is 0.497 e. The van der Waals surface area contributed by atoms with Crippen molar-refractivity contribution in [3.05, 3.63) is 59.2 Å². The number of likely N-dealkylation sites (N-methyl/N-ethyl adjacent to an activating group) is 1. The van der Waals surface area contributed by atoms with Crippen molar-refractivity contribution in [3.63, 3.8) is 0 Å². The lowest BCUT2D eigenvalue weighted by molar-refractivity contribution is -0.0892. The summed E-state index contributed by atoms with van der Waals surface area (Å²) >= 11 is 0. The molecular weight excluding hydrogens is 267 g/mol. The molecule has 2 nitrogen and oxygen atoms in total. The Hall–Kier alpha value is -1.91. The molecule has 2 aliphatic rings. The van der Waals surface area contributed by atoms with Gasteiger partial charge < -0.3 is 9.64 Å². The van der Waals surface area contributed by atoms with Gasteiger partial charge in [-0.1, -0.05) is 13.0 Å². The first-order chi connectivity index (χ1) is 9.32. The summed E-state index contributed by atoms with van der Waals surface area (Å²) in [6.07, 6.45) is 5.03. The molecule has 0 fully saturated rings. The Morgan fingerprint density at radius 3 is 2.35 bits per heavy atom. The molecule has 1 heterocycles.